The van der Waals surface area contributed by atoms with E-state index in [1.807, 2.05) is 36.4 Å². The second-order valence-electron chi connectivity index (χ2n) is 4.22. The third-order valence-corrected chi connectivity index (χ3v) is 2.98. The lowest BCUT2D eigenvalue weighted by Gasteiger charge is -2.06. The lowest BCUT2D eigenvalue weighted by atomic mass is 10.1. The van der Waals surface area contributed by atoms with Crippen molar-refractivity contribution in [2.45, 2.75) is 6.61 Å². The zero-order valence-electron chi connectivity index (χ0n) is 10.2. The zero-order chi connectivity index (χ0) is 13.1. The molecule has 1 aromatic heterocycles. The fraction of sp³-hybridized carbons (Fsp3) is 0.0667. The fourth-order valence-electron chi connectivity index (χ4n) is 1.95. The topological polar surface area (TPSA) is 55.0 Å². The number of nitrogens with zero attached hydrogens (tertiary/aromatic N) is 1. The number of hydrogen-bond acceptors (Lipinski definition) is 3. The number of hydrogen-bond donors (Lipinski definition) is 1. The van der Waals surface area contributed by atoms with E-state index in [0.29, 0.717) is 17.9 Å². The van der Waals surface area contributed by atoms with Crippen LogP contribution in [0.15, 0.2) is 48.7 Å². The summed E-state index contributed by atoms with van der Waals surface area (Å²) in [7, 11) is 0. The van der Waals surface area contributed by atoms with Gasteiger partial charge in [-0.05, 0) is 22.9 Å². The number of aldehydes is 1. The molecular weight excluding hydrogens is 240 g/mol. The predicted molar refractivity (Wildman–Crippen MR) is 72.3 cm³/mol. The van der Waals surface area contributed by atoms with Crippen LogP contribution in [0.25, 0.3) is 10.8 Å². The highest BCUT2D eigenvalue weighted by Crippen LogP contribution is 2.21. The maximum Gasteiger partial charge on any atom is 0.153 e. The molecule has 94 valence electrons. The van der Waals surface area contributed by atoms with E-state index >= 15 is 0 Å². The molecule has 3 rings (SSSR count). The van der Waals surface area contributed by atoms with Crippen LogP contribution in [-0.4, -0.2) is 16.5 Å². The third kappa shape index (κ3) is 2.33. The van der Waals surface area contributed by atoms with Crippen molar-refractivity contribution in [2.24, 2.45) is 0 Å². The first kappa shape index (κ1) is 11.5. The van der Waals surface area contributed by atoms with Crippen molar-refractivity contribution in [3.8, 4) is 5.75 Å². The van der Waals surface area contributed by atoms with E-state index in [2.05, 4.69) is 16.3 Å². The number of rotatable bonds is 4. The fourth-order valence-corrected chi connectivity index (χ4v) is 1.95. The summed E-state index contributed by atoms with van der Waals surface area (Å²) in [5, 5.41) is 8.87. The Kier molecular flexibility index (Phi) is 2.98. The first-order valence-electron chi connectivity index (χ1n) is 5.96. The number of aromatic amines is 1. The van der Waals surface area contributed by atoms with Crippen LogP contribution in [0.5, 0.6) is 5.75 Å². The highest BCUT2D eigenvalue weighted by Gasteiger charge is 2.05. The summed E-state index contributed by atoms with van der Waals surface area (Å²) in [6.45, 7) is 0.298. The van der Waals surface area contributed by atoms with Gasteiger partial charge in [-0.2, -0.15) is 5.10 Å². The summed E-state index contributed by atoms with van der Waals surface area (Å²) in [6.07, 6.45) is 2.26. The standard InChI is InChI=1S/C15H12N2O2/c18-9-13-8-16-17-15(13)10-19-14-6-5-11-3-1-2-4-12(11)7-14/h1-9H,10H2,(H,16,17). The van der Waals surface area contributed by atoms with Crippen molar-refractivity contribution in [1.82, 2.24) is 10.2 Å². The molecule has 0 atom stereocenters. The van der Waals surface area contributed by atoms with Gasteiger partial charge in [-0.25, -0.2) is 0 Å². The minimum absolute atomic E-state index is 0.298. The van der Waals surface area contributed by atoms with Gasteiger partial charge in [-0.1, -0.05) is 30.3 Å². The number of H-pyrrole nitrogens is 1. The van der Waals surface area contributed by atoms with Crippen molar-refractivity contribution in [2.75, 3.05) is 0 Å². The molecule has 0 spiro atoms. The molecule has 0 amide bonds. The lowest BCUT2D eigenvalue weighted by molar-refractivity contribution is 0.112. The van der Waals surface area contributed by atoms with Crippen LogP contribution in [0.1, 0.15) is 16.1 Å². The van der Waals surface area contributed by atoms with Gasteiger partial charge in [0.1, 0.15) is 12.4 Å². The molecule has 0 fully saturated rings. The molecule has 0 saturated carbocycles. The lowest BCUT2D eigenvalue weighted by Crippen LogP contribution is -1.98. The van der Waals surface area contributed by atoms with E-state index in [9.17, 15) is 4.79 Å². The highest BCUT2D eigenvalue weighted by atomic mass is 16.5. The molecule has 0 unspecified atom stereocenters. The molecular formula is C15H12N2O2. The molecule has 0 aliphatic carbocycles. The molecule has 0 radical (unpaired) electrons. The van der Waals surface area contributed by atoms with Crippen LogP contribution >= 0.6 is 0 Å². The third-order valence-electron chi connectivity index (χ3n) is 2.98. The van der Waals surface area contributed by atoms with Crippen LogP contribution in [0, 0.1) is 0 Å². The van der Waals surface area contributed by atoms with Gasteiger partial charge in [0.2, 0.25) is 0 Å². The van der Waals surface area contributed by atoms with Crippen molar-refractivity contribution >= 4 is 17.1 Å². The number of carbonyl (C=O) groups is 1. The minimum Gasteiger partial charge on any atom is -0.487 e. The van der Waals surface area contributed by atoms with Gasteiger partial charge < -0.3 is 4.74 Å². The molecule has 0 saturated heterocycles. The van der Waals surface area contributed by atoms with E-state index in [1.54, 1.807) is 0 Å². The summed E-state index contributed by atoms with van der Waals surface area (Å²) in [4.78, 5) is 10.8. The van der Waals surface area contributed by atoms with Crippen LogP contribution in [-0.2, 0) is 6.61 Å². The van der Waals surface area contributed by atoms with Gasteiger partial charge >= 0.3 is 0 Å². The average Bonchev–Trinajstić information content (AvgIpc) is 2.92. The average molecular weight is 252 g/mol. The number of fused-ring (bicyclic) bond motifs is 1. The predicted octanol–water partition coefficient (Wildman–Crippen LogP) is 2.95. The maximum absolute atomic E-state index is 10.8. The minimum atomic E-state index is 0.298. The Balaban J connectivity index is 1.80. The Labute approximate surface area is 110 Å². The van der Waals surface area contributed by atoms with Crippen molar-refractivity contribution in [3.63, 3.8) is 0 Å². The molecule has 1 heterocycles. The molecule has 0 aliphatic heterocycles. The first-order valence-corrected chi connectivity index (χ1v) is 5.96. The Hall–Kier alpha value is -2.62. The maximum atomic E-state index is 10.8. The Morgan fingerprint density at radius 2 is 2.00 bits per heavy atom. The van der Waals surface area contributed by atoms with E-state index < -0.39 is 0 Å². The number of carbonyl (C=O) groups excluding carboxylic acids is 1. The van der Waals surface area contributed by atoms with E-state index in [0.717, 1.165) is 17.4 Å². The molecule has 0 aliphatic rings. The molecule has 1 N–H and O–H groups in total. The molecule has 0 bridgehead atoms. The smallest absolute Gasteiger partial charge is 0.153 e. The molecule has 3 aromatic rings. The van der Waals surface area contributed by atoms with E-state index in [1.165, 1.54) is 11.6 Å². The van der Waals surface area contributed by atoms with E-state index in [4.69, 9.17) is 4.74 Å². The summed E-state index contributed by atoms with van der Waals surface area (Å²) >= 11 is 0. The Morgan fingerprint density at radius 3 is 2.84 bits per heavy atom. The van der Waals surface area contributed by atoms with Gasteiger partial charge in [0, 0.05) is 0 Å². The second kappa shape index (κ2) is 4.94. The van der Waals surface area contributed by atoms with E-state index in [-0.39, 0.29) is 0 Å². The van der Waals surface area contributed by atoms with Crippen molar-refractivity contribution in [1.29, 1.82) is 0 Å². The number of ether oxygens (including phenoxy) is 1. The SMILES string of the molecule is O=Cc1cn[nH]c1COc1ccc2ccccc2c1. The van der Waals surface area contributed by atoms with Gasteiger partial charge in [0.15, 0.2) is 6.29 Å². The summed E-state index contributed by atoms with van der Waals surface area (Å²) in [5.41, 5.74) is 1.21. The Bertz CT molecular complexity index is 719. The van der Waals surface area contributed by atoms with Crippen molar-refractivity contribution in [3.05, 3.63) is 59.9 Å². The molecule has 19 heavy (non-hydrogen) atoms. The van der Waals surface area contributed by atoms with Gasteiger partial charge in [-0.15, -0.1) is 0 Å². The molecule has 4 nitrogen and oxygen atoms in total. The normalized spacial score (nSPS) is 10.5. The van der Waals surface area contributed by atoms with Crippen LogP contribution in [0.2, 0.25) is 0 Å². The number of aromatic nitrogens is 2. The van der Waals surface area contributed by atoms with Crippen LogP contribution in [0.3, 0.4) is 0 Å². The molecule has 4 heteroatoms. The monoisotopic (exact) mass is 252 g/mol. The number of benzene rings is 2. The van der Waals surface area contributed by atoms with Gasteiger partial charge in [-0.3, -0.25) is 9.89 Å². The van der Waals surface area contributed by atoms with Gasteiger partial charge in [0.25, 0.3) is 0 Å². The first-order chi connectivity index (χ1) is 9.36. The summed E-state index contributed by atoms with van der Waals surface area (Å²) in [6, 6.07) is 14.0. The Morgan fingerprint density at radius 1 is 1.16 bits per heavy atom. The van der Waals surface area contributed by atoms with Crippen LogP contribution < -0.4 is 4.74 Å². The largest absolute Gasteiger partial charge is 0.487 e. The molecule has 2 aromatic carbocycles. The summed E-state index contributed by atoms with van der Waals surface area (Å²) in [5.74, 6) is 0.769. The zero-order valence-corrected chi connectivity index (χ0v) is 10.2. The van der Waals surface area contributed by atoms with Crippen LogP contribution in [0.4, 0.5) is 0 Å². The quantitative estimate of drug-likeness (QED) is 0.726. The summed E-state index contributed by atoms with van der Waals surface area (Å²) < 4.78 is 5.67. The highest BCUT2D eigenvalue weighted by molar-refractivity contribution is 5.83. The number of nitrogens with one attached hydrogen (secondary N) is 1. The second-order valence-corrected chi connectivity index (χ2v) is 4.22. The van der Waals surface area contributed by atoms with Crippen molar-refractivity contribution < 1.29 is 9.53 Å². The van der Waals surface area contributed by atoms with Gasteiger partial charge in [0.05, 0.1) is 17.5 Å².